The number of aromatic nitrogens is 2. The van der Waals surface area contributed by atoms with E-state index < -0.39 is 24.1 Å². The summed E-state index contributed by atoms with van der Waals surface area (Å²) in [6.07, 6.45) is -0.665. The molecule has 1 N–H and O–H groups in total. The van der Waals surface area contributed by atoms with Gasteiger partial charge in [-0.3, -0.25) is 10.1 Å². The Morgan fingerprint density at radius 3 is 2.46 bits per heavy atom. The lowest BCUT2D eigenvalue weighted by Crippen LogP contribution is -2.63. The maximum atomic E-state index is 12.7. The monoisotopic (exact) mass is 420 g/mol. The number of rotatable bonds is 2. The predicted octanol–water partition coefficient (Wildman–Crippen LogP) is 2.40. The summed E-state index contributed by atoms with van der Waals surface area (Å²) in [7, 11) is 1.60. The number of hydrogen-bond donors (Lipinski definition) is 1. The van der Waals surface area contributed by atoms with Gasteiger partial charge in [0.25, 0.3) is 5.91 Å². The number of fused-ring (bicyclic) bond motifs is 1. The Morgan fingerprint density at radius 1 is 1.18 bits per heavy atom. The van der Waals surface area contributed by atoms with Crippen molar-refractivity contribution in [3.8, 4) is 0 Å². The molecule has 2 aliphatic heterocycles. The Labute approximate surface area is 171 Å². The number of likely N-dealkylation sites (N-methyl/N-ethyl adjacent to an activating group) is 1. The number of imide groups is 1. The van der Waals surface area contributed by atoms with Gasteiger partial charge in [-0.05, 0) is 32.0 Å². The lowest BCUT2D eigenvalue weighted by Gasteiger charge is -2.36. The van der Waals surface area contributed by atoms with Crippen LogP contribution in [0.15, 0.2) is 29.3 Å². The molecule has 0 saturated carbocycles. The van der Waals surface area contributed by atoms with E-state index in [1.165, 1.54) is 4.90 Å². The number of hydrogen-bond acceptors (Lipinski definition) is 5. The van der Waals surface area contributed by atoms with Crippen LogP contribution in [-0.2, 0) is 11.3 Å². The van der Waals surface area contributed by atoms with Gasteiger partial charge in [-0.1, -0.05) is 29.3 Å². The molecule has 2 unspecified atom stereocenters. The molecule has 0 spiro atoms. The summed E-state index contributed by atoms with van der Waals surface area (Å²) in [6, 6.07) is 5.96. The molecule has 2 aromatic rings. The van der Waals surface area contributed by atoms with Crippen LogP contribution in [0.5, 0.6) is 0 Å². The van der Waals surface area contributed by atoms with Crippen LogP contribution in [0, 0.1) is 13.8 Å². The molecule has 0 bridgehead atoms. The zero-order chi connectivity index (χ0) is 20.2. The van der Waals surface area contributed by atoms with E-state index in [1.54, 1.807) is 34.8 Å². The van der Waals surface area contributed by atoms with Crippen molar-refractivity contribution < 1.29 is 9.59 Å². The van der Waals surface area contributed by atoms with Crippen LogP contribution in [0.2, 0.25) is 10.0 Å². The van der Waals surface area contributed by atoms with Gasteiger partial charge in [-0.25, -0.2) is 14.5 Å². The van der Waals surface area contributed by atoms with E-state index >= 15 is 0 Å². The highest BCUT2D eigenvalue weighted by Crippen LogP contribution is 2.31. The van der Waals surface area contributed by atoms with Gasteiger partial charge in [-0.2, -0.15) is 5.10 Å². The van der Waals surface area contributed by atoms with Crippen LogP contribution < -0.4 is 5.32 Å². The Hall–Kier alpha value is -2.58. The number of benzene rings is 1. The quantitative estimate of drug-likeness (QED) is 0.808. The van der Waals surface area contributed by atoms with E-state index in [0.717, 1.165) is 11.4 Å². The second kappa shape index (κ2) is 6.79. The highest BCUT2D eigenvalue weighted by Gasteiger charge is 2.49. The first kappa shape index (κ1) is 18.8. The highest BCUT2D eigenvalue weighted by molar-refractivity contribution is 6.36. The molecular weight excluding hydrogens is 403 g/mol. The largest absolute Gasteiger partial charge is 0.325 e. The average molecular weight is 421 g/mol. The molecule has 10 heteroatoms. The van der Waals surface area contributed by atoms with Crippen LogP contribution in [0.25, 0.3) is 0 Å². The summed E-state index contributed by atoms with van der Waals surface area (Å²) >= 11 is 12.7. The van der Waals surface area contributed by atoms with Crippen LogP contribution in [0.3, 0.4) is 0 Å². The van der Waals surface area contributed by atoms with Crippen molar-refractivity contribution in [3.05, 3.63) is 51.3 Å². The number of carbonyl (C=O) groups excluding carboxylic acids is 2. The van der Waals surface area contributed by atoms with Gasteiger partial charge in [0, 0.05) is 34.9 Å². The normalized spacial score (nSPS) is 21.7. The SMILES string of the molecule is Cc1cc(C)n(C2=NC3C(C(=O)NC(=O)N3C)N2Cc2c(Cl)cccc2Cl)n1. The summed E-state index contributed by atoms with van der Waals surface area (Å²) in [4.78, 5) is 32.6. The fraction of sp³-hybridized carbons (Fsp3) is 0.333. The van der Waals surface area contributed by atoms with Crippen LogP contribution in [0.1, 0.15) is 17.0 Å². The number of nitrogens with zero attached hydrogens (tertiary/aromatic N) is 5. The molecule has 1 aromatic heterocycles. The molecule has 3 amide bonds. The predicted molar refractivity (Wildman–Crippen MR) is 105 cm³/mol. The summed E-state index contributed by atoms with van der Waals surface area (Å²) < 4.78 is 1.67. The van der Waals surface area contributed by atoms with Crippen molar-refractivity contribution in [3.63, 3.8) is 0 Å². The molecule has 146 valence electrons. The van der Waals surface area contributed by atoms with E-state index in [1.807, 2.05) is 19.9 Å². The number of aliphatic imine (C=N–C) groups is 1. The number of nitrogens with one attached hydrogen (secondary N) is 1. The third kappa shape index (κ3) is 2.93. The molecule has 2 atom stereocenters. The third-order valence-electron chi connectivity index (χ3n) is 4.93. The minimum absolute atomic E-state index is 0.242. The standard InChI is InChI=1S/C18H18Cl2N6O2/c1-9-7-10(2)26(23-9)17-21-15-14(16(27)22-18(28)24(15)3)25(17)8-11-12(19)5-4-6-13(11)20/h4-7,14-15H,8H2,1-3H3,(H,22,27,28). The molecule has 4 rings (SSSR count). The molecule has 28 heavy (non-hydrogen) atoms. The number of aryl methyl sites for hydroxylation is 2. The fourth-order valence-electron chi connectivity index (χ4n) is 3.54. The van der Waals surface area contributed by atoms with E-state index in [-0.39, 0.29) is 6.54 Å². The Bertz CT molecular complexity index is 997. The van der Waals surface area contributed by atoms with Crippen molar-refractivity contribution in [1.82, 2.24) is 24.9 Å². The number of amides is 3. The maximum absolute atomic E-state index is 12.7. The zero-order valence-electron chi connectivity index (χ0n) is 15.5. The van der Waals surface area contributed by atoms with Crippen molar-refractivity contribution in [1.29, 1.82) is 0 Å². The van der Waals surface area contributed by atoms with Crippen molar-refractivity contribution >= 4 is 41.1 Å². The minimum atomic E-state index is -0.714. The van der Waals surface area contributed by atoms with Gasteiger partial charge in [0.15, 0.2) is 12.2 Å². The Kier molecular flexibility index (Phi) is 4.55. The van der Waals surface area contributed by atoms with Crippen LogP contribution in [0.4, 0.5) is 4.79 Å². The van der Waals surface area contributed by atoms with Crippen molar-refractivity contribution in [2.45, 2.75) is 32.6 Å². The second-order valence-electron chi connectivity index (χ2n) is 6.86. The molecule has 1 fully saturated rings. The Morgan fingerprint density at radius 2 is 1.86 bits per heavy atom. The van der Waals surface area contributed by atoms with Gasteiger partial charge in [0.2, 0.25) is 5.96 Å². The van der Waals surface area contributed by atoms with Crippen LogP contribution in [-0.4, -0.2) is 56.7 Å². The second-order valence-corrected chi connectivity index (χ2v) is 7.67. The van der Waals surface area contributed by atoms with E-state index in [2.05, 4.69) is 15.4 Å². The van der Waals surface area contributed by atoms with E-state index in [9.17, 15) is 9.59 Å². The zero-order valence-corrected chi connectivity index (χ0v) is 17.0. The lowest BCUT2D eigenvalue weighted by atomic mass is 10.1. The first-order valence-corrected chi connectivity index (χ1v) is 9.42. The molecule has 1 saturated heterocycles. The molecule has 8 nitrogen and oxygen atoms in total. The molecular formula is C18H18Cl2N6O2. The van der Waals surface area contributed by atoms with E-state index in [0.29, 0.717) is 21.6 Å². The van der Waals surface area contributed by atoms with Gasteiger partial charge >= 0.3 is 6.03 Å². The van der Waals surface area contributed by atoms with Gasteiger partial charge in [0.05, 0.1) is 5.69 Å². The van der Waals surface area contributed by atoms with Crippen molar-refractivity contribution in [2.24, 2.45) is 4.99 Å². The average Bonchev–Trinajstić information content (AvgIpc) is 3.16. The van der Waals surface area contributed by atoms with Gasteiger partial charge < -0.3 is 9.80 Å². The molecule has 0 aliphatic carbocycles. The topological polar surface area (TPSA) is 82.8 Å². The van der Waals surface area contributed by atoms with Gasteiger partial charge in [-0.15, -0.1) is 0 Å². The smallest absolute Gasteiger partial charge is 0.321 e. The molecule has 3 heterocycles. The van der Waals surface area contributed by atoms with Gasteiger partial charge in [0.1, 0.15) is 0 Å². The number of halogens is 2. The first-order chi connectivity index (χ1) is 13.3. The van der Waals surface area contributed by atoms with E-state index in [4.69, 9.17) is 23.2 Å². The highest BCUT2D eigenvalue weighted by atomic mass is 35.5. The van der Waals surface area contributed by atoms with Crippen molar-refractivity contribution in [2.75, 3.05) is 7.05 Å². The summed E-state index contributed by atoms with van der Waals surface area (Å²) in [5.41, 5.74) is 2.35. The number of carbonyl (C=O) groups is 2. The first-order valence-electron chi connectivity index (χ1n) is 8.66. The van der Waals surface area contributed by atoms with Crippen LogP contribution >= 0.6 is 23.2 Å². The number of urea groups is 1. The molecule has 0 radical (unpaired) electrons. The summed E-state index contributed by atoms with van der Waals surface area (Å²) in [6.45, 7) is 4.02. The molecule has 1 aromatic carbocycles. The minimum Gasteiger partial charge on any atom is -0.321 e. The molecule has 2 aliphatic rings. The summed E-state index contributed by atoms with van der Waals surface area (Å²) in [5, 5.41) is 7.85. The maximum Gasteiger partial charge on any atom is 0.325 e. The summed E-state index contributed by atoms with van der Waals surface area (Å²) in [5.74, 6) is 0.0462. The fourth-order valence-corrected chi connectivity index (χ4v) is 4.06. The Balaban J connectivity index is 1.82. The third-order valence-corrected chi connectivity index (χ3v) is 5.64. The lowest BCUT2D eigenvalue weighted by molar-refractivity contribution is -0.127.